The van der Waals surface area contributed by atoms with E-state index in [4.69, 9.17) is 4.74 Å². The highest BCUT2D eigenvalue weighted by atomic mass is 16.5. The predicted molar refractivity (Wildman–Crippen MR) is 69.8 cm³/mol. The second kappa shape index (κ2) is 4.67. The van der Waals surface area contributed by atoms with Gasteiger partial charge in [0.05, 0.1) is 17.2 Å². The van der Waals surface area contributed by atoms with Crippen molar-refractivity contribution < 1.29 is 9.84 Å². The molecule has 1 aliphatic rings. The summed E-state index contributed by atoms with van der Waals surface area (Å²) in [7, 11) is 1.62. The van der Waals surface area contributed by atoms with Gasteiger partial charge in [0.15, 0.2) is 0 Å². The van der Waals surface area contributed by atoms with Crippen molar-refractivity contribution >= 4 is 5.57 Å². The van der Waals surface area contributed by atoms with Gasteiger partial charge in [-0.2, -0.15) is 5.26 Å². The summed E-state index contributed by atoms with van der Waals surface area (Å²) in [5.41, 5.74) is 1.35. The largest absolute Gasteiger partial charge is 0.507 e. The minimum absolute atomic E-state index is 0.166. The van der Waals surface area contributed by atoms with Crippen LogP contribution in [0.2, 0.25) is 0 Å². The number of allylic oxidation sites excluding steroid dienone is 2. The molecule has 92 valence electrons. The predicted octanol–water partition coefficient (Wildman–Crippen LogP) is 3.03. The molecule has 0 heterocycles. The van der Waals surface area contributed by atoms with Crippen LogP contribution < -0.4 is 0 Å². The Morgan fingerprint density at radius 2 is 2.11 bits per heavy atom. The van der Waals surface area contributed by atoms with E-state index in [-0.39, 0.29) is 5.75 Å². The maximum Gasteiger partial charge on any atom is 0.123 e. The number of rotatable bonds is 2. The highest BCUT2D eigenvalue weighted by Gasteiger charge is 2.34. The van der Waals surface area contributed by atoms with Crippen LogP contribution in [0.4, 0.5) is 0 Å². The molecule has 3 nitrogen and oxygen atoms in total. The van der Waals surface area contributed by atoms with Crippen LogP contribution in [-0.2, 0) is 4.74 Å². The molecule has 0 bridgehead atoms. The number of methoxy groups -OCH3 is 1. The molecule has 0 aromatic heterocycles. The molecule has 0 radical (unpaired) electrons. The van der Waals surface area contributed by atoms with Crippen LogP contribution in [0.15, 0.2) is 42.0 Å². The first kappa shape index (κ1) is 12.4. The normalized spacial score (nSPS) is 22.9. The Labute approximate surface area is 107 Å². The average molecular weight is 241 g/mol. The van der Waals surface area contributed by atoms with Gasteiger partial charge >= 0.3 is 0 Å². The van der Waals surface area contributed by atoms with Gasteiger partial charge < -0.3 is 9.84 Å². The zero-order valence-corrected chi connectivity index (χ0v) is 10.5. The van der Waals surface area contributed by atoms with E-state index in [9.17, 15) is 10.4 Å². The van der Waals surface area contributed by atoms with Crippen LogP contribution >= 0.6 is 0 Å². The Morgan fingerprint density at radius 1 is 1.39 bits per heavy atom. The fourth-order valence-electron chi connectivity index (χ4n) is 2.27. The smallest absolute Gasteiger partial charge is 0.123 e. The van der Waals surface area contributed by atoms with E-state index in [0.29, 0.717) is 17.6 Å². The number of nitriles is 1. The molecule has 1 atom stereocenters. The number of aromatic hydroxyl groups is 1. The van der Waals surface area contributed by atoms with Gasteiger partial charge in [0.2, 0.25) is 0 Å². The zero-order chi connectivity index (χ0) is 13.2. The molecule has 0 amide bonds. The fraction of sp³-hybridized carbons (Fsp3) is 0.267. The van der Waals surface area contributed by atoms with E-state index in [1.165, 1.54) is 0 Å². The maximum atomic E-state index is 9.98. The lowest BCUT2D eigenvalue weighted by molar-refractivity contribution is 0.0591. The monoisotopic (exact) mass is 241 g/mol. The molecule has 18 heavy (non-hydrogen) atoms. The molecule has 1 aliphatic carbocycles. The third-order valence-corrected chi connectivity index (χ3v) is 3.33. The average Bonchev–Trinajstić information content (AvgIpc) is 2.39. The van der Waals surface area contributed by atoms with Crippen LogP contribution in [0, 0.1) is 11.3 Å². The highest BCUT2D eigenvalue weighted by molar-refractivity contribution is 5.83. The summed E-state index contributed by atoms with van der Waals surface area (Å²) in [6.45, 7) is 1.93. The summed E-state index contributed by atoms with van der Waals surface area (Å²) in [4.78, 5) is 0. The molecule has 0 unspecified atom stereocenters. The third-order valence-electron chi connectivity index (χ3n) is 3.33. The molecule has 0 saturated heterocycles. The van der Waals surface area contributed by atoms with Gasteiger partial charge in [0, 0.05) is 18.2 Å². The van der Waals surface area contributed by atoms with Gasteiger partial charge in [0.25, 0.3) is 0 Å². The van der Waals surface area contributed by atoms with Crippen molar-refractivity contribution in [3.8, 4) is 11.8 Å². The number of nitrogens with zero attached hydrogens (tertiary/aromatic N) is 1. The topological polar surface area (TPSA) is 53.2 Å². The number of hydrogen-bond acceptors (Lipinski definition) is 3. The van der Waals surface area contributed by atoms with Crippen LogP contribution in [0.3, 0.4) is 0 Å². The number of hydrogen-bond donors (Lipinski definition) is 1. The molecule has 3 heteroatoms. The Balaban J connectivity index is 2.70. The van der Waals surface area contributed by atoms with Gasteiger partial charge in [-0.3, -0.25) is 0 Å². The first-order valence-corrected chi connectivity index (χ1v) is 5.77. The third kappa shape index (κ3) is 1.92. The Hall–Kier alpha value is -2.05. The Bertz CT molecular complexity index is 566. The Morgan fingerprint density at radius 3 is 2.72 bits per heavy atom. The van der Waals surface area contributed by atoms with Crippen molar-refractivity contribution in [1.29, 1.82) is 5.26 Å². The molecule has 1 aromatic carbocycles. The van der Waals surface area contributed by atoms with Gasteiger partial charge in [-0.05, 0) is 25.5 Å². The van der Waals surface area contributed by atoms with Crippen molar-refractivity contribution in [3.05, 3.63) is 47.6 Å². The van der Waals surface area contributed by atoms with Gasteiger partial charge in [-0.15, -0.1) is 0 Å². The fourth-order valence-corrected chi connectivity index (χ4v) is 2.27. The molecule has 2 rings (SSSR count). The second-order valence-corrected chi connectivity index (χ2v) is 4.46. The number of phenols is 1. The number of ether oxygens (including phenoxy) is 1. The standard InChI is InChI=1S/C15H15NO2/c1-15(18-2)9-5-6-11(10-16)14(15)12-7-3-4-8-13(12)17/h3-8,17H,9H2,1-2H3/t15-/m1/s1. The lowest BCUT2D eigenvalue weighted by Gasteiger charge is -2.33. The summed E-state index contributed by atoms with van der Waals surface area (Å²) in [6, 6.07) is 9.19. The van der Waals surface area contributed by atoms with Gasteiger partial charge in [0.1, 0.15) is 5.75 Å². The number of phenolic OH excluding ortho intramolecular Hbond substituents is 1. The van der Waals surface area contributed by atoms with Gasteiger partial charge in [-0.1, -0.05) is 24.3 Å². The van der Waals surface area contributed by atoms with E-state index in [2.05, 4.69) is 6.07 Å². The Kier molecular flexibility index (Phi) is 3.22. The van der Waals surface area contributed by atoms with Crippen LogP contribution in [0.1, 0.15) is 18.9 Å². The van der Waals surface area contributed by atoms with E-state index in [0.717, 1.165) is 5.57 Å². The quantitative estimate of drug-likeness (QED) is 0.865. The van der Waals surface area contributed by atoms with Crippen molar-refractivity contribution in [2.45, 2.75) is 18.9 Å². The molecular formula is C15H15NO2. The zero-order valence-electron chi connectivity index (χ0n) is 10.5. The molecule has 0 spiro atoms. The first-order chi connectivity index (χ1) is 8.62. The molecule has 0 saturated carbocycles. The van der Waals surface area contributed by atoms with Crippen LogP contribution in [-0.4, -0.2) is 17.8 Å². The maximum absolute atomic E-state index is 9.98. The van der Waals surface area contributed by atoms with Crippen molar-refractivity contribution in [1.82, 2.24) is 0 Å². The molecule has 0 fully saturated rings. The first-order valence-electron chi connectivity index (χ1n) is 5.77. The lowest BCUT2D eigenvalue weighted by atomic mass is 9.80. The van der Waals surface area contributed by atoms with Gasteiger partial charge in [-0.25, -0.2) is 0 Å². The number of benzene rings is 1. The summed E-state index contributed by atoms with van der Waals surface area (Å²) in [5, 5.41) is 19.2. The molecular weight excluding hydrogens is 226 g/mol. The SMILES string of the molecule is CO[C@]1(C)CC=CC(C#N)=C1c1ccccc1O. The summed E-state index contributed by atoms with van der Waals surface area (Å²) >= 11 is 0. The van der Waals surface area contributed by atoms with Crippen LogP contribution in [0.25, 0.3) is 5.57 Å². The van der Waals surface area contributed by atoms with E-state index >= 15 is 0 Å². The van der Waals surface area contributed by atoms with Crippen molar-refractivity contribution in [2.75, 3.05) is 7.11 Å². The molecule has 1 N–H and O–H groups in total. The second-order valence-electron chi connectivity index (χ2n) is 4.46. The lowest BCUT2D eigenvalue weighted by Crippen LogP contribution is -2.31. The van der Waals surface area contributed by atoms with E-state index in [1.807, 2.05) is 19.1 Å². The highest BCUT2D eigenvalue weighted by Crippen LogP contribution is 2.41. The van der Waals surface area contributed by atoms with Crippen molar-refractivity contribution in [3.63, 3.8) is 0 Å². The van der Waals surface area contributed by atoms with Crippen molar-refractivity contribution in [2.24, 2.45) is 0 Å². The summed E-state index contributed by atoms with van der Waals surface area (Å²) in [5.74, 6) is 0.166. The minimum Gasteiger partial charge on any atom is -0.507 e. The molecule has 0 aliphatic heterocycles. The van der Waals surface area contributed by atoms with E-state index < -0.39 is 5.60 Å². The number of para-hydroxylation sites is 1. The summed E-state index contributed by atoms with van der Waals surface area (Å²) < 4.78 is 5.56. The van der Waals surface area contributed by atoms with E-state index in [1.54, 1.807) is 31.4 Å². The minimum atomic E-state index is -0.585. The summed E-state index contributed by atoms with van der Waals surface area (Å²) in [6.07, 6.45) is 4.38. The molecule has 1 aromatic rings. The van der Waals surface area contributed by atoms with Crippen LogP contribution in [0.5, 0.6) is 5.75 Å².